The number of carbonyl (C=O) groups excluding carboxylic acids is 1. The number of nitriles is 1. The summed E-state index contributed by atoms with van der Waals surface area (Å²) in [5.41, 5.74) is 6.23. The Kier molecular flexibility index (Phi) is 5.17. The molecule has 9 nitrogen and oxygen atoms in total. The van der Waals surface area contributed by atoms with Gasteiger partial charge >= 0.3 is 0 Å². The van der Waals surface area contributed by atoms with Gasteiger partial charge in [-0.3, -0.25) is 19.9 Å². The molecule has 1 fully saturated rings. The molecule has 0 atom stereocenters. The van der Waals surface area contributed by atoms with Crippen molar-refractivity contribution in [1.29, 1.82) is 5.26 Å². The van der Waals surface area contributed by atoms with Crippen molar-refractivity contribution >= 4 is 17.3 Å². The normalized spacial score (nSPS) is 14.4. The molecule has 0 radical (unpaired) electrons. The average molecular weight is 367 g/mol. The molecule has 0 spiro atoms. The monoisotopic (exact) mass is 367 g/mol. The number of pyridine rings is 1. The van der Waals surface area contributed by atoms with Crippen molar-refractivity contribution in [2.45, 2.75) is 18.9 Å². The van der Waals surface area contributed by atoms with E-state index in [1.54, 1.807) is 12.1 Å². The van der Waals surface area contributed by atoms with E-state index < -0.39 is 10.8 Å². The Bertz CT molecular complexity index is 916. The van der Waals surface area contributed by atoms with E-state index in [4.69, 9.17) is 10.5 Å². The number of nitrogens with two attached hydrogens (primary N) is 1. The summed E-state index contributed by atoms with van der Waals surface area (Å²) in [6.45, 7) is 1.29. The van der Waals surface area contributed by atoms with E-state index in [0.29, 0.717) is 37.4 Å². The molecule has 0 saturated carbocycles. The van der Waals surface area contributed by atoms with Crippen molar-refractivity contribution in [3.8, 4) is 11.8 Å². The second-order valence-corrected chi connectivity index (χ2v) is 6.12. The number of anilines is 1. The molecule has 9 heteroatoms. The highest BCUT2D eigenvalue weighted by Gasteiger charge is 2.23. The molecular formula is C18H17N5O4. The Balaban J connectivity index is 1.66. The number of hydrogen-bond donors (Lipinski definition) is 1. The predicted octanol–water partition coefficient (Wildman–Crippen LogP) is 2.01. The van der Waals surface area contributed by atoms with Gasteiger partial charge in [-0.05, 0) is 12.1 Å². The van der Waals surface area contributed by atoms with Gasteiger partial charge in [0.2, 0.25) is 0 Å². The van der Waals surface area contributed by atoms with Gasteiger partial charge in [-0.2, -0.15) is 5.26 Å². The predicted molar refractivity (Wildman–Crippen MR) is 96.4 cm³/mol. The van der Waals surface area contributed by atoms with Crippen LogP contribution in [-0.2, 0) is 0 Å². The molecule has 0 aliphatic carbocycles. The van der Waals surface area contributed by atoms with E-state index >= 15 is 0 Å². The summed E-state index contributed by atoms with van der Waals surface area (Å²) in [6.07, 6.45) is 2.83. The molecule has 1 amide bonds. The van der Waals surface area contributed by atoms with Gasteiger partial charge in [0.25, 0.3) is 11.6 Å². The summed E-state index contributed by atoms with van der Waals surface area (Å²) < 4.78 is 5.91. The first-order valence-corrected chi connectivity index (χ1v) is 8.34. The van der Waals surface area contributed by atoms with Crippen LogP contribution in [0.2, 0.25) is 0 Å². The number of aromatic nitrogens is 1. The van der Waals surface area contributed by atoms with Crippen molar-refractivity contribution in [2.75, 3.05) is 18.0 Å². The highest BCUT2D eigenvalue weighted by atomic mass is 16.6. The maximum absolute atomic E-state index is 11.2. The Hall–Kier alpha value is -3.67. The molecule has 1 aliphatic heterocycles. The van der Waals surface area contributed by atoms with Crippen LogP contribution in [0.3, 0.4) is 0 Å². The minimum atomic E-state index is -0.613. The van der Waals surface area contributed by atoms with Crippen molar-refractivity contribution in [3.05, 3.63) is 57.9 Å². The van der Waals surface area contributed by atoms with Crippen molar-refractivity contribution in [2.24, 2.45) is 5.73 Å². The fraction of sp³-hybridized carbons (Fsp3) is 0.278. The summed E-state index contributed by atoms with van der Waals surface area (Å²) >= 11 is 0. The van der Waals surface area contributed by atoms with Crippen molar-refractivity contribution < 1.29 is 14.5 Å². The minimum absolute atomic E-state index is 0.0482. The molecular weight excluding hydrogens is 350 g/mol. The molecule has 1 aromatic carbocycles. The summed E-state index contributed by atoms with van der Waals surface area (Å²) in [6, 6.07) is 9.52. The van der Waals surface area contributed by atoms with Crippen LogP contribution in [0.4, 0.5) is 11.4 Å². The van der Waals surface area contributed by atoms with E-state index in [1.165, 1.54) is 24.4 Å². The van der Waals surface area contributed by atoms with Crippen LogP contribution in [0.5, 0.6) is 5.75 Å². The standard InChI is InChI=1S/C18H17N5O4/c19-11-12-9-13(23(25)26)1-2-17(12)22-7-4-14(5-8-22)27-15-3-6-21-16(10-15)18(20)24/h1-3,6,9-10,14H,4-5,7-8H2,(H2,20,24). The van der Waals surface area contributed by atoms with Gasteiger partial charge < -0.3 is 15.4 Å². The van der Waals surface area contributed by atoms with Crippen LogP contribution < -0.4 is 15.4 Å². The zero-order valence-electron chi connectivity index (χ0n) is 14.4. The fourth-order valence-corrected chi connectivity index (χ4v) is 3.03. The first kappa shape index (κ1) is 18.1. The highest BCUT2D eigenvalue weighted by molar-refractivity contribution is 5.91. The van der Waals surface area contributed by atoms with E-state index in [-0.39, 0.29) is 23.0 Å². The van der Waals surface area contributed by atoms with E-state index in [1.807, 2.05) is 11.0 Å². The number of nitro benzene ring substituents is 1. The number of benzene rings is 1. The summed E-state index contributed by atoms with van der Waals surface area (Å²) in [4.78, 5) is 27.5. The van der Waals surface area contributed by atoms with Crippen molar-refractivity contribution in [1.82, 2.24) is 4.98 Å². The van der Waals surface area contributed by atoms with Crippen LogP contribution in [0, 0.1) is 21.4 Å². The SMILES string of the molecule is N#Cc1cc([N+](=O)[O-])ccc1N1CCC(Oc2ccnc(C(N)=O)c2)CC1. The lowest BCUT2D eigenvalue weighted by Crippen LogP contribution is -2.38. The zero-order chi connectivity index (χ0) is 19.4. The molecule has 3 rings (SSSR count). The zero-order valence-corrected chi connectivity index (χ0v) is 14.4. The number of amides is 1. The maximum Gasteiger partial charge on any atom is 0.270 e. The third-order valence-electron chi connectivity index (χ3n) is 4.38. The lowest BCUT2D eigenvalue weighted by molar-refractivity contribution is -0.384. The molecule has 2 heterocycles. The molecule has 0 bridgehead atoms. The number of carbonyl (C=O) groups is 1. The Morgan fingerprint density at radius 2 is 2.07 bits per heavy atom. The number of piperidine rings is 1. The number of nitrogens with zero attached hydrogens (tertiary/aromatic N) is 4. The fourth-order valence-electron chi connectivity index (χ4n) is 3.03. The summed E-state index contributed by atoms with van der Waals surface area (Å²) in [7, 11) is 0. The number of rotatable bonds is 5. The Labute approximate surface area is 155 Å². The molecule has 1 aromatic heterocycles. The molecule has 2 N–H and O–H groups in total. The largest absolute Gasteiger partial charge is 0.490 e. The quantitative estimate of drug-likeness (QED) is 0.630. The van der Waals surface area contributed by atoms with Crippen LogP contribution in [-0.4, -0.2) is 35.0 Å². The van der Waals surface area contributed by atoms with E-state index in [0.717, 1.165) is 0 Å². The molecule has 2 aromatic rings. The van der Waals surface area contributed by atoms with Gasteiger partial charge in [-0.25, -0.2) is 0 Å². The van der Waals surface area contributed by atoms with Gasteiger partial charge in [0, 0.05) is 50.3 Å². The van der Waals surface area contributed by atoms with Gasteiger partial charge in [-0.1, -0.05) is 0 Å². The molecule has 1 aliphatic rings. The third kappa shape index (κ3) is 4.12. The Morgan fingerprint density at radius 1 is 1.33 bits per heavy atom. The number of non-ortho nitro benzene ring substituents is 1. The molecule has 0 unspecified atom stereocenters. The second-order valence-electron chi connectivity index (χ2n) is 6.12. The van der Waals surface area contributed by atoms with Gasteiger partial charge in [0.05, 0.1) is 16.2 Å². The van der Waals surface area contributed by atoms with Crippen molar-refractivity contribution in [3.63, 3.8) is 0 Å². The number of primary amides is 1. The van der Waals surface area contributed by atoms with E-state index in [9.17, 15) is 20.2 Å². The van der Waals surface area contributed by atoms with Crippen LogP contribution >= 0.6 is 0 Å². The number of ether oxygens (including phenoxy) is 1. The third-order valence-corrected chi connectivity index (χ3v) is 4.38. The van der Waals surface area contributed by atoms with Gasteiger partial charge in [0.15, 0.2) is 0 Å². The lowest BCUT2D eigenvalue weighted by atomic mass is 10.0. The highest BCUT2D eigenvalue weighted by Crippen LogP contribution is 2.28. The van der Waals surface area contributed by atoms with Crippen LogP contribution in [0.15, 0.2) is 36.5 Å². The number of nitro groups is 1. The molecule has 138 valence electrons. The Morgan fingerprint density at radius 3 is 2.70 bits per heavy atom. The summed E-state index contributed by atoms with van der Waals surface area (Å²) in [5.74, 6) is -0.0808. The maximum atomic E-state index is 11.2. The topological polar surface area (TPSA) is 135 Å². The summed E-state index contributed by atoms with van der Waals surface area (Å²) in [5, 5.41) is 20.2. The second kappa shape index (κ2) is 7.70. The van der Waals surface area contributed by atoms with Gasteiger partial charge in [0.1, 0.15) is 23.6 Å². The van der Waals surface area contributed by atoms with Crippen LogP contribution in [0.25, 0.3) is 0 Å². The average Bonchev–Trinajstić information content (AvgIpc) is 2.68. The molecule has 1 saturated heterocycles. The van der Waals surface area contributed by atoms with Gasteiger partial charge in [-0.15, -0.1) is 0 Å². The smallest absolute Gasteiger partial charge is 0.270 e. The minimum Gasteiger partial charge on any atom is -0.490 e. The number of hydrogen-bond acceptors (Lipinski definition) is 7. The molecule has 27 heavy (non-hydrogen) atoms. The van der Waals surface area contributed by atoms with Crippen LogP contribution in [0.1, 0.15) is 28.9 Å². The first-order valence-electron chi connectivity index (χ1n) is 8.34. The first-order chi connectivity index (χ1) is 13.0. The lowest BCUT2D eigenvalue weighted by Gasteiger charge is -2.34. The van der Waals surface area contributed by atoms with E-state index in [2.05, 4.69) is 4.98 Å².